The van der Waals surface area contributed by atoms with Crippen LogP contribution in [0.15, 0.2) is 6.07 Å². The summed E-state index contributed by atoms with van der Waals surface area (Å²) < 4.78 is 0. The number of aryl methyl sites for hydroxylation is 2. The summed E-state index contributed by atoms with van der Waals surface area (Å²) in [6, 6.07) is 2.30. The number of rotatable bonds is 8. The Balaban J connectivity index is 1.73. The highest BCUT2D eigenvalue weighted by atomic mass is 32.1. The molecule has 114 valence electrons. The first-order valence-corrected chi connectivity index (χ1v) is 9.42. The van der Waals surface area contributed by atoms with E-state index in [9.17, 15) is 5.11 Å². The van der Waals surface area contributed by atoms with Gasteiger partial charge in [0, 0.05) is 9.75 Å². The smallest absolute Gasteiger partial charge is 0.0882 e. The summed E-state index contributed by atoms with van der Waals surface area (Å²) in [6.45, 7) is 2.25. The molecule has 0 aromatic carbocycles. The van der Waals surface area contributed by atoms with Crippen molar-refractivity contribution in [3.05, 3.63) is 21.4 Å². The number of hydrogen-bond donors (Lipinski definition) is 1. The standard InChI is InChI=1S/C18H30OS/c1-2-3-4-5-6-9-12-16(19)18-14-15-11-8-7-10-13-17(15)20-18/h14,16,19H,2-13H2,1H3. The summed E-state index contributed by atoms with van der Waals surface area (Å²) in [5.74, 6) is 0. The van der Waals surface area contributed by atoms with Crippen molar-refractivity contribution in [2.75, 3.05) is 0 Å². The fourth-order valence-electron chi connectivity index (χ4n) is 3.11. The maximum absolute atomic E-state index is 10.4. The first-order valence-electron chi connectivity index (χ1n) is 8.60. The van der Waals surface area contributed by atoms with Crippen LogP contribution >= 0.6 is 11.3 Å². The molecule has 0 saturated carbocycles. The lowest BCUT2D eigenvalue weighted by Crippen LogP contribution is -1.94. The van der Waals surface area contributed by atoms with Crippen LogP contribution in [-0.2, 0) is 12.8 Å². The molecule has 1 aliphatic rings. The van der Waals surface area contributed by atoms with Gasteiger partial charge in [-0.3, -0.25) is 0 Å². The van der Waals surface area contributed by atoms with Gasteiger partial charge >= 0.3 is 0 Å². The first kappa shape index (κ1) is 16.0. The monoisotopic (exact) mass is 294 g/mol. The fourth-order valence-corrected chi connectivity index (χ4v) is 4.39. The molecule has 1 nitrogen and oxygen atoms in total. The van der Waals surface area contributed by atoms with Gasteiger partial charge in [0.1, 0.15) is 0 Å². The van der Waals surface area contributed by atoms with E-state index in [2.05, 4.69) is 13.0 Å². The van der Waals surface area contributed by atoms with Crippen LogP contribution < -0.4 is 0 Å². The first-order chi connectivity index (χ1) is 9.81. The molecule has 0 bridgehead atoms. The molecule has 0 saturated heterocycles. The zero-order chi connectivity index (χ0) is 14.2. The van der Waals surface area contributed by atoms with Crippen molar-refractivity contribution < 1.29 is 5.11 Å². The Morgan fingerprint density at radius 1 is 1.05 bits per heavy atom. The summed E-state index contributed by atoms with van der Waals surface area (Å²) in [4.78, 5) is 2.78. The lowest BCUT2D eigenvalue weighted by Gasteiger charge is -2.08. The Bertz CT molecular complexity index is 359. The Kier molecular flexibility index (Phi) is 7.09. The van der Waals surface area contributed by atoms with Crippen molar-refractivity contribution in [1.29, 1.82) is 0 Å². The third-order valence-corrected chi connectivity index (χ3v) is 5.76. The molecule has 1 aliphatic carbocycles. The predicted molar refractivity (Wildman–Crippen MR) is 88.5 cm³/mol. The second-order valence-corrected chi connectivity index (χ2v) is 7.40. The van der Waals surface area contributed by atoms with E-state index in [1.165, 1.54) is 81.1 Å². The lowest BCUT2D eigenvalue weighted by molar-refractivity contribution is 0.167. The maximum atomic E-state index is 10.4. The van der Waals surface area contributed by atoms with E-state index in [1.807, 2.05) is 11.3 Å². The molecule has 1 unspecified atom stereocenters. The minimum Gasteiger partial charge on any atom is -0.388 e. The molecule has 1 aromatic heterocycles. The topological polar surface area (TPSA) is 20.2 Å². The van der Waals surface area contributed by atoms with Crippen LogP contribution in [0.2, 0.25) is 0 Å². The third-order valence-electron chi connectivity index (χ3n) is 4.43. The number of aliphatic hydroxyl groups is 1. The minimum absolute atomic E-state index is 0.210. The fraction of sp³-hybridized carbons (Fsp3) is 0.778. The van der Waals surface area contributed by atoms with Crippen LogP contribution in [0.25, 0.3) is 0 Å². The quantitative estimate of drug-likeness (QED) is 0.474. The van der Waals surface area contributed by atoms with Crippen LogP contribution in [0.3, 0.4) is 0 Å². The van der Waals surface area contributed by atoms with Gasteiger partial charge in [-0.15, -0.1) is 11.3 Å². The summed E-state index contributed by atoms with van der Waals surface area (Å²) in [5.41, 5.74) is 1.53. The van der Waals surface area contributed by atoms with Gasteiger partial charge < -0.3 is 5.11 Å². The van der Waals surface area contributed by atoms with Crippen molar-refractivity contribution in [3.63, 3.8) is 0 Å². The van der Waals surface area contributed by atoms with Crippen molar-refractivity contribution in [3.8, 4) is 0 Å². The third kappa shape index (κ3) is 4.89. The van der Waals surface area contributed by atoms with Gasteiger partial charge in [-0.05, 0) is 43.7 Å². The van der Waals surface area contributed by atoms with Crippen LogP contribution in [-0.4, -0.2) is 5.11 Å². The summed E-state index contributed by atoms with van der Waals surface area (Å²) in [7, 11) is 0. The molecule has 0 amide bonds. The molecule has 0 spiro atoms. The Morgan fingerprint density at radius 3 is 2.65 bits per heavy atom. The van der Waals surface area contributed by atoms with Gasteiger partial charge in [-0.1, -0.05) is 51.9 Å². The minimum atomic E-state index is -0.210. The van der Waals surface area contributed by atoms with Crippen molar-refractivity contribution >= 4 is 11.3 Å². The van der Waals surface area contributed by atoms with Crippen molar-refractivity contribution in [2.45, 2.75) is 90.1 Å². The van der Waals surface area contributed by atoms with Gasteiger partial charge in [0.05, 0.1) is 6.10 Å². The lowest BCUT2D eigenvalue weighted by atomic mass is 10.1. The molecule has 20 heavy (non-hydrogen) atoms. The van der Waals surface area contributed by atoms with Crippen LogP contribution in [0, 0.1) is 0 Å². The number of unbranched alkanes of at least 4 members (excludes halogenated alkanes) is 5. The molecule has 1 atom stereocenters. The molecule has 2 heteroatoms. The van der Waals surface area contributed by atoms with Crippen LogP contribution in [0.5, 0.6) is 0 Å². The van der Waals surface area contributed by atoms with E-state index in [1.54, 1.807) is 4.88 Å². The molecule has 0 fully saturated rings. The number of hydrogen-bond acceptors (Lipinski definition) is 2. The molecular weight excluding hydrogens is 264 g/mol. The summed E-state index contributed by atoms with van der Waals surface area (Å²) >= 11 is 1.88. The van der Waals surface area contributed by atoms with Crippen LogP contribution in [0.1, 0.15) is 92.6 Å². The molecule has 0 aliphatic heterocycles. The highest BCUT2D eigenvalue weighted by Gasteiger charge is 2.16. The average molecular weight is 295 g/mol. The van der Waals surface area contributed by atoms with Crippen molar-refractivity contribution in [1.82, 2.24) is 0 Å². The largest absolute Gasteiger partial charge is 0.388 e. The highest BCUT2D eigenvalue weighted by molar-refractivity contribution is 7.12. The Labute approximate surface area is 128 Å². The normalized spacial score (nSPS) is 16.7. The molecule has 1 aromatic rings. The molecule has 2 rings (SSSR count). The molecule has 0 radical (unpaired) electrons. The second-order valence-electron chi connectivity index (χ2n) is 6.23. The summed E-state index contributed by atoms with van der Waals surface area (Å²) in [5, 5.41) is 10.4. The Morgan fingerprint density at radius 2 is 1.80 bits per heavy atom. The SMILES string of the molecule is CCCCCCCCC(O)c1cc2c(s1)CCCCC2. The maximum Gasteiger partial charge on any atom is 0.0882 e. The van der Waals surface area contributed by atoms with Crippen molar-refractivity contribution in [2.24, 2.45) is 0 Å². The zero-order valence-electron chi connectivity index (χ0n) is 13.0. The van der Waals surface area contributed by atoms with Gasteiger partial charge in [-0.2, -0.15) is 0 Å². The van der Waals surface area contributed by atoms with E-state index in [0.717, 1.165) is 6.42 Å². The number of thiophene rings is 1. The molecule has 1 heterocycles. The van der Waals surface area contributed by atoms with Crippen LogP contribution in [0.4, 0.5) is 0 Å². The highest BCUT2D eigenvalue weighted by Crippen LogP contribution is 2.34. The second kappa shape index (κ2) is 8.84. The Hall–Kier alpha value is -0.340. The molecular formula is C18H30OS. The van der Waals surface area contributed by atoms with E-state index < -0.39 is 0 Å². The number of fused-ring (bicyclic) bond motifs is 1. The van der Waals surface area contributed by atoms with Gasteiger partial charge in [0.2, 0.25) is 0 Å². The van der Waals surface area contributed by atoms with Gasteiger partial charge in [-0.25, -0.2) is 0 Å². The molecule has 1 N–H and O–H groups in total. The van der Waals surface area contributed by atoms with E-state index >= 15 is 0 Å². The summed E-state index contributed by atoms with van der Waals surface area (Å²) in [6.07, 6.45) is 15.1. The van der Waals surface area contributed by atoms with E-state index in [0.29, 0.717) is 0 Å². The van der Waals surface area contributed by atoms with Gasteiger partial charge in [0.15, 0.2) is 0 Å². The number of aliphatic hydroxyl groups excluding tert-OH is 1. The van der Waals surface area contributed by atoms with Gasteiger partial charge in [0.25, 0.3) is 0 Å². The average Bonchev–Trinajstić information content (AvgIpc) is 2.74. The zero-order valence-corrected chi connectivity index (χ0v) is 13.8. The predicted octanol–water partition coefficient (Wildman–Crippen LogP) is 5.80. The van der Waals surface area contributed by atoms with E-state index in [-0.39, 0.29) is 6.10 Å². The van der Waals surface area contributed by atoms with E-state index in [4.69, 9.17) is 0 Å².